The molecule has 0 aliphatic heterocycles. The van der Waals surface area contributed by atoms with Crippen molar-refractivity contribution in [2.24, 2.45) is 0 Å². The molecule has 0 aromatic heterocycles. The lowest BCUT2D eigenvalue weighted by atomic mass is 9.96. The Morgan fingerprint density at radius 2 is 1.74 bits per heavy atom. The SMILES string of the molecule is CC(O)(CCCCCCCCO)C(=O)Nc1ccc(C#N)c(C(F)(F)F)c1. The number of halogens is 3. The number of aliphatic hydroxyl groups is 2. The van der Waals surface area contributed by atoms with Crippen LogP contribution in [0.2, 0.25) is 0 Å². The normalized spacial score (nSPS) is 13.7. The van der Waals surface area contributed by atoms with Crippen LogP contribution in [0.3, 0.4) is 0 Å². The molecule has 5 nitrogen and oxygen atoms in total. The zero-order chi connectivity index (χ0) is 20.5. The third-order valence-corrected chi connectivity index (χ3v) is 4.26. The predicted octanol–water partition coefficient (Wildman–Crippen LogP) is 3.99. The molecule has 0 saturated carbocycles. The second kappa shape index (κ2) is 10.3. The molecule has 1 rings (SSSR count). The van der Waals surface area contributed by atoms with Crippen LogP contribution in [-0.2, 0) is 11.0 Å². The summed E-state index contributed by atoms with van der Waals surface area (Å²) in [4.78, 5) is 12.2. The van der Waals surface area contributed by atoms with Crippen LogP contribution >= 0.6 is 0 Å². The van der Waals surface area contributed by atoms with Crippen molar-refractivity contribution in [3.63, 3.8) is 0 Å². The molecule has 1 amide bonds. The van der Waals surface area contributed by atoms with E-state index in [2.05, 4.69) is 5.32 Å². The van der Waals surface area contributed by atoms with Gasteiger partial charge in [-0.05, 0) is 38.0 Å². The van der Waals surface area contributed by atoms with Crippen LogP contribution in [0, 0.1) is 11.3 Å². The molecule has 3 N–H and O–H groups in total. The number of rotatable bonds is 10. The van der Waals surface area contributed by atoms with Crippen molar-refractivity contribution in [2.75, 3.05) is 11.9 Å². The monoisotopic (exact) mass is 386 g/mol. The van der Waals surface area contributed by atoms with E-state index in [4.69, 9.17) is 10.4 Å². The lowest BCUT2D eigenvalue weighted by Crippen LogP contribution is -2.40. The fourth-order valence-electron chi connectivity index (χ4n) is 2.62. The molecule has 1 aromatic carbocycles. The molecule has 27 heavy (non-hydrogen) atoms. The van der Waals surface area contributed by atoms with Gasteiger partial charge in [0.1, 0.15) is 5.60 Å². The lowest BCUT2D eigenvalue weighted by Gasteiger charge is -2.22. The highest BCUT2D eigenvalue weighted by molar-refractivity contribution is 5.96. The fourth-order valence-corrected chi connectivity index (χ4v) is 2.62. The van der Waals surface area contributed by atoms with Crippen molar-refractivity contribution in [1.82, 2.24) is 0 Å². The summed E-state index contributed by atoms with van der Waals surface area (Å²) in [6, 6.07) is 4.34. The molecule has 1 atom stereocenters. The Hall–Kier alpha value is -2.11. The standard InChI is InChI=1S/C19H25F3N2O3/c1-18(27,10-6-4-2-3-5-7-11-25)17(26)24-15-9-8-14(13-23)16(12-15)19(20,21)22/h8-9,12,25,27H,2-7,10-11H2,1H3,(H,24,26). The maximum Gasteiger partial charge on any atom is 0.417 e. The van der Waals surface area contributed by atoms with Gasteiger partial charge < -0.3 is 15.5 Å². The molecular weight excluding hydrogens is 361 g/mol. The summed E-state index contributed by atoms with van der Waals surface area (Å²) in [7, 11) is 0. The minimum absolute atomic E-state index is 0.129. The van der Waals surface area contributed by atoms with E-state index in [1.165, 1.54) is 19.1 Å². The highest BCUT2D eigenvalue weighted by Crippen LogP contribution is 2.33. The Morgan fingerprint density at radius 3 is 2.30 bits per heavy atom. The van der Waals surface area contributed by atoms with Crippen LogP contribution in [-0.4, -0.2) is 28.3 Å². The number of nitriles is 1. The van der Waals surface area contributed by atoms with Gasteiger partial charge in [0.25, 0.3) is 5.91 Å². The highest BCUT2D eigenvalue weighted by Gasteiger charge is 2.35. The molecule has 0 aliphatic rings. The van der Waals surface area contributed by atoms with Gasteiger partial charge in [-0.2, -0.15) is 18.4 Å². The van der Waals surface area contributed by atoms with Crippen LogP contribution in [0.4, 0.5) is 18.9 Å². The second-order valence-corrected chi connectivity index (χ2v) is 6.69. The minimum atomic E-state index is -4.72. The maximum absolute atomic E-state index is 13.0. The number of alkyl halides is 3. The van der Waals surface area contributed by atoms with E-state index >= 15 is 0 Å². The topological polar surface area (TPSA) is 93.3 Å². The number of hydrogen-bond acceptors (Lipinski definition) is 4. The molecule has 0 heterocycles. The number of benzene rings is 1. The summed E-state index contributed by atoms with van der Waals surface area (Å²) < 4.78 is 38.9. The number of amides is 1. The number of carbonyl (C=O) groups excluding carboxylic acids is 1. The highest BCUT2D eigenvalue weighted by atomic mass is 19.4. The Kier molecular flexibility index (Phi) is 8.73. The largest absolute Gasteiger partial charge is 0.417 e. The van der Waals surface area contributed by atoms with Gasteiger partial charge in [-0.3, -0.25) is 4.79 Å². The Labute approximate surface area is 156 Å². The first-order chi connectivity index (χ1) is 12.6. The maximum atomic E-state index is 13.0. The molecule has 1 unspecified atom stereocenters. The molecule has 8 heteroatoms. The van der Waals surface area contributed by atoms with Gasteiger partial charge in [-0.25, -0.2) is 0 Å². The van der Waals surface area contributed by atoms with Gasteiger partial charge in [0, 0.05) is 12.3 Å². The second-order valence-electron chi connectivity index (χ2n) is 6.69. The Bertz CT molecular complexity index is 667. The van der Waals surface area contributed by atoms with Crippen molar-refractivity contribution in [1.29, 1.82) is 5.26 Å². The Morgan fingerprint density at radius 1 is 1.15 bits per heavy atom. The average molecular weight is 386 g/mol. The van der Waals surface area contributed by atoms with Gasteiger partial charge in [-0.1, -0.05) is 32.1 Å². The van der Waals surface area contributed by atoms with E-state index in [1.54, 1.807) is 0 Å². The van der Waals surface area contributed by atoms with E-state index in [9.17, 15) is 23.1 Å². The summed E-state index contributed by atoms with van der Waals surface area (Å²) in [5.41, 5.74) is -3.51. The molecule has 0 bridgehead atoms. The predicted molar refractivity (Wildman–Crippen MR) is 94.8 cm³/mol. The van der Waals surface area contributed by atoms with E-state index in [0.29, 0.717) is 12.5 Å². The molecule has 0 fully saturated rings. The third-order valence-electron chi connectivity index (χ3n) is 4.26. The van der Waals surface area contributed by atoms with Crippen molar-refractivity contribution >= 4 is 11.6 Å². The summed E-state index contributed by atoms with van der Waals surface area (Å²) in [5, 5.41) is 30.1. The van der Waals surface area contributed by atoms with E-state index in [-0.39, 0.29) is 18.7 Å². The fraction of sp³-hybridized carbons (Fsp3) is 0.579. The van der Waals surface area contributed by atoms with Crippen LogP contribution in [0.25, 0.3) is 0 Å². The molecule has 0 aliphatic carbocycles. The zero-order valence-electron chi connectivity index (χ0n) is 15.3. The van der Waals surface area contributed by atoms with E-state index in [0.717, 1.165) is 38.2 Å². The third kappa shape index (κ3) is 7.57. The lowest BCUT2D eigenvalue weighted by molar-refractivity contribution is -0.138. The van der Waals surface area contributed by atoms with Crippen LogP contribution in [0.15, 0.2) is 18.2 Å². The molecule has 0 spiro atoms. The number of unbranched alkanes of at least 4 members (excludes halogenated alkanes) is 5. The number of aliphatic hydroxyl groups excluding tert-OH is 1. The summed E-state index contributed by atoms with van der Waals surface area (Å²) >= 11 is 0. The summed E-state index contributed by atoms with van der Waals surface area (Å²) in [5.74, 6) is -0.791. The molecular formula is C19H25F3N2O3. The Balaban J connectivity index is 2.62. The molecule has 1 aromatic rings. The van der Waals surface area contributed by atoms with Gasteiger partial charge in [0.2, 0.25) is 0 Å². The minimum Gasteiger partial charge on any atom is -0.396 e. The van der Waals surface area contributed by atoms with E-state index in [1.807, 2.05) is 0 Å². The zero-order valence-corrected chi connectivity index (χ0v) is 15.3. The van der Waals surface area contributed by atoms with Gasteiger partial charge in [0.15, 0.2) is 0 Å². The molecule has 150 valence electrons. The first kappa shape index (κ1) is 22.9. The smallest absolute Gasteiger partial charge is 0.396 e. The summed E-state index contributed by atoms with van der Waals surface area (Å²) in [6.45, 7) is 1.49. The number of nitrogens with one attached hydrogen (secondary N) is 1. The van der Waals surface area contributed by atoms with E-state index < -0.39 is 28.8 Å². The van der Waals surface area contributed by atoms with Crippen molar-refractivity contribution < 1.29 is 28.2 Å². The van der Waals surface area contributed by atoms with Gasteiger partial charge in [0.05, 0.1) is 17.2 Å². The quantitative estimate of drug-likeness (QED) is 0.530. The first-order valence-corrected chi connectivity index (χ1v) is 8.88. The number of anilines is 1. The van der Waals surface area contributed by atoms with Gasteiger partial charge in [-0.15, -0.1) is 0 Å². The van der Waals surface area contributed by atoms with Crippen LogP contribution in [0.1, 0.15) is 63.0 Å². The van der Waals surface area contributed by atoms with Crippen LogP contribution < -0.4 is 5.32 Å². The number of carbonyl (C=O) groups is 1. The molecule has 0 radical (unpaired) electrons. The number of nitrogens with zero attached hydrogens (tertiary/aromatic N) is 1. The first-order valence-electron chi connectivity index (χ1n) is 8.88. The van der Waals surface area contributed by atoms with Crippen molar-refractivity contribution in [3.8, 4) is 6.07 Å². The van der Waals surface area contributed by atoms with Crippen LogP contribution in [0.5, 0.6) is 0 Å². The molecule has 0 saturated heterocycles. The average Bonchev–Trinajstić information content (AvgIpc) is 2.60. The van der Waals surface area contributed by atoms with Gasteiger partial charge >= 0.3 is 6.18 Å². The van der Waals surface area contributed by atoms with Crippen molar-refractivity contribution in [3.05, 3.63) is 29.3 Å². The number of hydrogen-bond donors (Lipinski definition) is 3. The summed E-state index contributed by atoms with van der Waals surface area (Å²) in [6.07, 6.45) is 0.428. The van der Waals surface area contributed by atoms with Crippen molar-refractivity contribution in [2.45, 2.75) is 63.6 Å².